The fourth-order valence-electron chi connectivity index (χ4n) is 3.55. The van der Waals surface area contributed by atoms with Crippen LogP contribution in [-0.2, 0) is 0 Å². The Labute approximate surface area is 190 Å². The molecule has 164 valence electrons. The molecule has 2 heterocycles. The van der Waals surface area contributed by atoms with E-state index in [1.807, 2.05) is 60.7 Å². The second kappa shape index (κ2) is 9.70. The van der Waals surface area contributed by atoms with Crippen molar-refractivity contribution in [3.63, 3.8) is 0 Å². The van der Waals surface area contributed by atoms with Crippen molar-refractivity contribution in [1.82, 2.24) is 9.88 Å². The lowest BCUT2D eigenvalue weighted by Gasteiger charge is -2.17. The Morgan fingerprint density at radius 1 is 1.12 bits per heavy atom. The Bertz CT molecular complexity index is 1080. The number of pyridine rings is 1. The molecular formula is C24H22ClN3O4. The SMILES string of the molecule is COc1c(Cl)cc(N=C(c2ccccc2)c2ccccc2)nc1O[C@H]1CCN(C(=O)O)C1. The summed E-state index contributed by atoms with van der Waals surface area (Å²) in [4.78, 5) is 21.9. The number of hydrogen-bond donors (Lipinski definition) is 1. The van der Waals surface area contributed by atoms with Crippen molar-refractivity contribution < 1.29 is 19.4 Å². The predicted octanol–water partition coefficient (Wildman–Crippen LogP) is 5.04. The molecule has 0 spiro atoms. The molecule has 1 saturated heterocycles. The van der Waals surface area contributed by atoms with Crippen molar-refractivity contribution in [1.29, 1.82) is 0 Å². The van der Waals surface area contributed by atoms with Gasteiger partial charge in [-0.15, -0.1) is 0 Å². The Morgan fingerprint density at radius 3 is 2.28 bits per heavy atom. The quantitative estimate of drug-likeness (QED) is 0.530. The molecule has 0 aliphatic carbocycles. The zero-order valence-corrected chi connectivity index (χ0v) is 18.2. The van der Waals surface area contributed by atoms with Crippen molar-refractivity contribution >= 4 is 29.2 Å². The van der Waals surface area contributed by atoms with E-state index in [0.717, 1.165) is 16.8 Å². The Kier molecular flexibility index (Phi) is 6.56. The number of amides is 1. The molecule has 1 N–H and O–H groups in total. The fourth-order valence-corrected chi connectivity index (χ4v) is 3.80. The molecule has 3 aromatic rings. The van der Waals surface area contributed by atoms with Crippen LogP contribution >= 0.6 is 11.6 Å². The number of carboxylic acid groups (broad SMARTS) is 1. The average molecular weight is 452 g/mol. The summed E-state index contributed by atoms with van der Waals surface area (Å²) in [5.74, 6) is 0.846. The van der Waals surface area contributed by atoms with E-state index in [1.165, 1.54) is 12.0 Å². The number of aliphatic imine (C=N–C) groups is 1. The van der Waals surface area contributed by atoms with E-state index >= 15 is 0 Å². The van der Waals surface area contributed by atoms with Gasteiger partial charge in [-0.1, -0.05) is 72.3 Å². The first-order chi connectivity index (χ1) is 15.5. The number of likely N-dealkylation sites (tertiary alicyclic amines) is 1. The molecular weight excluding hydrogens is 430 g/mol. The number of benzene rings is 2. The van der Waals surface area contributed by atoms with E-state index in [2.05, 4.69) is 4.98 Å². The van der Waals surface area contributed by atoms with Crippen molar-refractivity contribution in [2.24, 2.45) is 4.99 Å². The maximum atomic E-state index is 11.2. The molecule has 1 aliphatic heterocycles. The number of hydrogen-bond acceptors (Lipinski definition) is 5. The fraction of sp³-hybridized carbons (Fsp3) is 0.208. The maximum absolute atomic E-state index is 11.2. The molecule has 0 radical (unpaired) electrons. The zero-order valence-electron chi connectivity index (χ0n) is 17.4. The molecule has 1 amide bonds. The minimum absolute atomic E-state index is 0.191. The van der Waals surface area contributed by atoms with Gasteiger partial charge in [0.05, 0.1) is 24.4 Å². The van der Waals surface area contributed by atoms with Crippen molar-refractivity contribution in [3.05, 3.63) is 82.9 Å². The Hall–Kier alpha value is -3.58. The van der Waals surface area contributed by atoms with Gasteiger partial charge in [0.2, 0.25) is 0 Å². The smallest absolute Gasteiger partial charge is 0.407 e. The van der Waals surface area contributed by atoms with E-state index in [0.29, 0.717) is 29.6 Å². The van der Waals surface area contributed by atoms with E-state index in [1.54, 1.807) is 6.07 Å². The Morgan fingerprint density at radius 2 is 1.75 bits per heavy atom. The molecule has 1 fully saturated rings. The van der Waals surface area contributed by atoms with E-state index < -0.39 is 6.09 Å². The molecule has 32 heavy (non-hydrogen) atoms. The van der Waals surface area contributed by atoms with Crippen LogP contribution in [-0.4, -0.2) is 53.1 Å². The van der Waals surface area contributed by atoms with Gasteiger partial charge < -0.3 is 19.5 Å². The summed E-state index contributed by atoms with van der Waals surface area (Å²) in [7, 11) is 1.48. The van der Waals surface area contributed by atoms with Crippen LogP contribution in [0.4, 0.5) is 10.6 Å². The van der Waals surface area contributed by atoms with Crippen molar-refractivity contribution in [3.8, 4) is 11.6 Å². The van der Waals surface area contributed by atoms with Crippen LogP contribution in [0.1, 0.15) is 17.5 Å². The van der Waals surface area contributed by atoms with Gasteiger partial charge in [-0.3, -0.25) is 0 Å². The molecule has 0 bridgehead atoms. The number of nitrogens with zero attached hydrogens (tertiary/aromatic N) is 3. The molecule has 8 heteroatoms. The summed E-state index contributed by atoms with van der Waals surface area (Å²) in [6.07, 6.45) is -0.755. The number of carbonyl (C=O) groups is 1. The summed E-state index contributed by atoms with van der Waals surface area (Å²) >= 11 is 6.46. The van der Waals surface area contributed by atoms with E-state index in [4.69, 9.17) is 26.1 Å². The summed E-state index contributed by atoms with van der Waals surface area (Å²) in [5.41, 5.74) is 2.61. The highest BCUT2D eigenvalue weighted by atomic mass is 35.5. The zero-order chi connectivity index (χ0) is 22.5. The molecule has 1 aromatic heterocycles. The predicted molar refractivity (Wildman–Crippen MR) is 123 cm³/mol. The summed E-state index contributed by atoms with van der Waals surface area (Å²) in [5, 5.41) is 9.50. The largest absolute Gasteiger partial charge is 0.490 e. The molecule has 2 aromatic carbocycles. The monoisotopic (exact) mass is 451 g/mol. The minimum atomic E-state index is -0.970. The second-order valence-electron chi connectivity index (χ2n) is 7.25. The summed E-state index contributed by atoms with van der Waals surface area (Å²) in [6, 6.07) is 21.2. The van der Waals surface area contributed by atoms with Crippen LogP contribution in [0.5, 0.6) is 11.6 Å². The van der Waals surface area contributed by atoms with Gasteiger partial charge in [0.15, 0.2) is 11.6 Å². The highest BCUT2D eigenvalue weighted by molar-refractivity contribution is 6.32. The number of methoxy groups -OCH3 is 1. The minimum Gasteiger partial charge on any atom is -0.490 e. The highest BCUT2D eigenvalue weighted by Crippen LogP contribution is 2.37. The van der Waals surface area contributed by atoms with Crippen LogP contribution in [0.3, 0.4) is 0 Å². The van der Waals surface area contributed by atoms with Gasteiger partial charge in [-0.25, -0.2) is 9.79 Å². The van der Waals surface area contributed by atoms with E-state index in [9.17, 15) is 9.90 Å². The number of halogens is 1. The van der Waals surface area contributed by atoms with Gasteiger partial charge in [-0.2, -0.15) is 4.98 Å². The van der Waals surface area contributed by atoms with Crippen molar-refractivity contribution in [2.45, 2.75) is 12.5 Å². The lowest BCUT2D eigenvalue weighted by Crippen LogP contribution is -2.29. The molecule has 0 unspecified atom stereocenters. The van der Waals surface area contributed by atoms with Crippen LogP contribution < -0.4 is 9.47 Å². The number of rotatable bonds is 6. The third-order valence-corrected chi connectivity index (χ3v) is 5.38. The maximum Gasteiger partial charge on any atom is 0.407 e. The molecule has 0 saturated carbocycles. The van der Waals surface area contributed by atoms with Gasteiger partial charge in [0.1, 0.15) is 6.10 Å². The van der Waals surface area contributed by atoms with Crippen LogP contribution in [0.15, 0.2) is 71.7 Å². The first kappa shape index (κ1) is 21.6. The Balaban J connectivity index is 1.72. The third kappa shape index (κ3) is 4.84. The molecule has 7 nitrogen and oxygen atoms in total. The van der Waals surface area contributed by atoms with E-state index in [-0.39, 0.29) is 18.5 Å². The van der Waals surface area contributed by atoms with Crippen LogP contribution in [0.25, 0.3) is 0 Å². The third-order valence-electron chi connectivity index (χ3n) is 5.10. The normalized spacial score (nSPS) is 15.3. The van der Waals surface area contributed by atoms with Crippen LogP contribution in [0.2, 0.25) is 5.02 Å². The average Bonchev–Trinajstić information content (AvgIpc) is 3.27. The lowest BCUT2D eigenvalue weighted by atomic mass is 10.0. The highest BCUT2D eigenvalue weighted by Gasteiger charge is 2.29. The van der Waals surface area contributed by atoms with Gasteiger partial charge in [0, 0.05) is 30.2 Å². The first-order valence-corrected chi connectivity index (χ1v) is 10.5. The lowest BCUT2D eigenvalue weighted by molar-refractivity contribution is 0.143. The summed E-state index contributed by atoms with van der Waals surface area (Å²) < 4.78 is 11.4. The number of ether oxygens (including phenoxy) is 2. The molecule has 4 rings (SSSR count). The first-order valence-electron chi connectivity index (χ1n) is 10.1. The van der Waals surface area contributed by atoms with Gasteiger partial charge >= 0.3 is 6.09 Å². The second-order valence-corrected chi connectivity index (χ2v) is 7.66. The topological polar surface area (TPSA) is 84.3 Å². The molecule has 1 aliphatic rings. The van der Waals surface area contributed by atoms with Gasteiger partial charge in [0.25, 0.3) is 5.88 Å². The standard InChI is InChI=1S/C24H22ClN3O4/c1-31-22-19(25)14-20(27-23(22)32-18-12-13-28(15-18)24(29)30)26-21(16-8-4-2-5-9-16)17-10-6-3-7-11-17/h2-11,14,18H,12-13,15H2,1H3,(H,29,30)/t18-/m0/s1. The molecule has 1 atom stereocenters. The van der Waals surface area contributed by atoms with Crippen LogP contribution in [0, 0.1) is 0 Å². The number of aromatic nitrogens is 1. The summed E-state index contributed by atoms with van der Waals surface area (Å²) in [6.45, 7) is 0.657. The van der Waals surface area contributed by atoms with Gasteiger partial charge in [-0.05, 0) is 0 Å². The van der Waals surface area contributed by atoms with Crippen molar-refractivity contribution in [2.75, 3.05) is 20.2 Å².